The highest BCUT2D eigenvalue weighted by Gasteiger charge is 2.27. The second kappa shape index (κ2) is 9.70. The number of nitrogens with one attached hydrogen (secondary N) is 2. The monoisotopic (exact) mass is 472 g/mol. The lowest BCUT2D eigenvalue weighted by atomic mass is 9.81. The van der Waals surface area contributed by atoms with Crippen LogP contribution in [0.2, 0.25) is 0 Å². The maximum absolute atomic E-state index is 13.3. The molecule has 10 heteroatoms. The molecule has 0 saturated heterocycles. The zero-order valence-corrected chi connectivity index (χ0v) is 19.0. The predicted octanol–water partition coefficient (Wildman–Crippen LogP) is 2.55. The van der Waals surface area contributed by atoms with E-state index in [9.17, 15) is 23.6 Å². The molecule has 0 aliphatic heterocycles. The molecule has 2 amide bonds. The van der Waals surface area contributed by atoms with Crippen LogP contribution in [0.15, 0.2) is 45.3 Å². The topological polar surface area (TPSA) is 102 Å². The molecule has 4 rings (SSSR count). The van der Waals surface area contributed by atoms with E-state index in [2.05, 4.69) is 10.6 Å². The van der Waals surface area contributed by atoms with Gasteiger partial charge in [-0.2, -0.15) is 0 Å². The predicted molar refractivity (Wildman–Crippen MR) is 125 cm³/mol. The Hall–Kier alpha value is -3.27. The molecule has 8 nitrogen and oxygen atoms in total. The van der Waals surface area contributed by atoms with E-state index in [-0.39, 0.29) is 36.4 Å². The number of amides is 2. The summed E-state index contributed by atoms with van der Waals surface area (Å²) in [6.07, 6.45) is 2.93. The molecule has 1 aromatic carbocycles. The zero-order chi connectivity index (χ0) is 23.5. The van der Waals surface area contributed by atoms with Crippen molar-refractivity contribution < 1.29 is 14.0 Å². The van der Waals surface area contributed by atoms with E-state index in [0.29, 0.717) is 28.7 Å². The molecule has 0 unspecified atom stereocenters. The molecule has 0 atom stereocenters. The number of anilines is 1. The highest BCUT2D eigenvalue weighted by Crippen LogP contribution is 2.29. The lowest BCUT2D eigenvalue weighted by molar-refractivity contribution is -0.125. The third-order valence-electron chi connectivity index (χ3n) is 6.17. The minimum Gasteiger partial charge on any atom is -0.359 e. The molecule has 1 fully saturated rings. The number of nitrogens with zero attached hydrogens (tertiary/aromatic N) is 2. The first-order chi connectivity index (χ1) is 15.9. The summed E-state index contributed by atoms with van der Waals surface area (Å²) in [4.78, 5) is 50.8. The minimum absolute atomic E-state index is 0.0279. The Balaban J connectivity index is 1.57. The number of benzene rings is 1. The van der Waals surface area contributed by atoms with E-state index in [4.69, 9.17) is 0 Å². The van der Waals surface area contributed by atoms with Gasteiger partial charge >= 0.3 is 5.69 Å². The molecular weight excluding hydrogens is 447 g/mol. The number of carbonyl (C=O) groups excluding carboxylic acids is 2. The van der Waals surface area contributed by atoms with Crippen molar-refractivity contribution in [2.75, 3.05) is 12.4 Å². The summed E-state index contributed by atoms with van der Waals surface area (Å²) in [5, 5.41) is 7.05. The Morgan fingerprint density at radius 1 is 1.06 bits per heavy atom. The summed E-state index contributed by atoms with van der Waals surface area (Å²) in [6, 6.07) is 7.00. The van der Waals surface area contributed by atoms with Crippen LogP contribution < -0.4 is 21.9 Å². The van der Waals surface area contributed by atoms with Crippen LogP contribution in [0.1, 0.15) is 25.7 Å². The van der Waals surface area contributed by atoms with Gasteiger partial charge in [0.25, 0.3) is 5.56 Å². The Bertz CT molecular complexity index is 1290. The van der Waals surface area contributed by atoms with Crippen LogP contribution >= 0.6 is 11.3 Å². The maximum atomic E-state index is 13.3. The number of thiophene rings is 1. The van der Waals surface area contributed by atoms with Crippen molar-refractivity contribution in [2.24, 2.45) is 11.8 Å². The van der Waals surface area contributed by atoms with Crippen molar-refractivity contribution in [3.05, 3.63) is 62.4 Å². The number of carbonyl (C=O) groups is 2. The van der Waals surface area contributed by atoms with Crippen LogP contribution in [-0.4, -0.2) is 28.0 Å². The van der Waals surface area contributed by atoms with Crippen LogP contribution in [0.4, 0.5) is 10.1 Å². The molecule has 2 heterocycles. The van der Waals surface area contributed by atoms with E-state index in [1.165, 1.54) is 44.7 Å². The maximum Gasteiger partial charge on any atom is 0.332 e. The minimum atomic E-state index is -0.534. The SMILES string of the molecule is CNC(=O)C1CCC(Cn2c(=O)c3sccc3n(CC(=O)Nc3ccc(F)cc3)c2=O)CC1. The molecule has 1 saturated carbocycles. The van der Waals surface area contributed by atoms with Crippen molar-refractivity contribution in [3.63, 3.8) is 0 Å². The standard InChI is InChI=1S/C23H25FN4O4S/c1-25-21(30)15-4-2-14(3-5-15)12-28-22(31)20-18(10-11-33-20)27(23(28)32)13-19(29)26-17-8-6-16(24)7-9-17/h6-11,14-15H,2-5,12-13H2,1H3,(H,25,30)(H,26,29). The highest BCUT2D eigenvalue weighted by atomic mass is 32.1. The smallest absolute Gasteiger partial charge is 0.332 e. The van der Waals surface area contributed by atoms with Crippen molar-refractivity contribution in [1.82, 2.24) is 14.5 Å². The lowest BCUT2D eigenvalue weighted by Gasteiger charge is -2.27. The number of hydrogen-bond donors (Lipinski definition) is 2. The average molecular weight is 473 g/mol. The van der Waals surface area contributed by atoms with Gasteiger partial charge in [0.2, 0.25) is 11.8 Å². The summed E-state index contributed by atoms with van der Waals surface area (Å²) >= 11 is 1.23. The Morgan fingerprint density at radius 2 is 1.76 bits per heavy atom. The Morgan fingerprint density at radius 3 is 2.42 bits per heavy atom. The molecule has 33 heavy (non-hydrogen) atoms. The van der Waals surface area contributed by atoms with Gasteiger partial charge in [-0.05, 0) is 67.3 Å². The van der Waals surface area contributed by atoms with E-state index < -0.39 is 17.4 Å². The van der Waals surface area contributed by atoms with Crippen molar-refractivity contribution in [1.29, 1.82) is 0 Å². The third-order valence-corrected chi connectivity index (χ3v) is 7.06. The normalized spacial score (nSPS) is 18.2. The fraction of sp³-hybridized carbons (Fsp3) is 0.391. The van der Waals surface area contributed by atoms with Gasteiger partial charge in [-0.25, -0.2) is 9.18 Å². The van der Waals surface area contributed by atoms with Crippen molar-refractivity contribution >= 4 is 39.1 Å². The molecule has 0 spiro atoms. The summed E-state index contributed by atoms with van der Waals surface area (Å²) < 4.78 is 16.1. The van der Waals surface area contributed by atoms with E-state index in [1.807, 2.05) is 0 Å². The van der Waals surface area contributed by atoms with E-state index in [1.54, 1.807) is 18.5 Å². The third kappa shape index (κ3) is 4.90. The number of rotatable bonds is 6. The van der Waals surface area contributed by atoms with Crippen LogP contribution in [0.5, 0.6) is 0 Å². The molecule has 0 bridgehead atoms. The fourth-order valence-electron chi connectivity index (χ4n) is 4.39. The molecule has 2 N–H and O–H groups in total. The van der Waals surface area contributed by atoms with Gasteiger partial charge in [-0.15, -0.1) is 11.3 Å². The number of aromatic nitrogens is 2. The molecule has 1 aliphatic carbocycles. The number of hydrogen-bond acceptors (Lipinski definition) is 5. The van der Waals surface area contributed by atoms with Gasteiger partial charge in [0.1, 0.15) is 17.1 Å². The van der Waals surface area contributed by atoms with Gasteiger partial charge in [0, 0.05) is 25.2 Å². The average Bonchev–Trinajstić information content (AvgIpc) is 3.31. The van der Waals surface area contributed by atoms with Crippen molar-refractivity contribution in [2.45, 2.75) is 38.8 Å². The molecular formula is C23H25FN4O4S. The molecule has 2 aromatic heterocycles. The largest absolute Gasteiger partial charge is 0.359 e. The van der Waals surface area contributed by atoms with Gasteiger partial charge in [0.05, 0.1) is 5.52 Å². The zero-order valence-electron chi connectivity index (χ0n) is 18.2. The second-order valence-electron chi connectivity index (χ2n) is 8.31. The first-order valence-corrected chi connectivity index (χ1v) is 11.7. The lowest BCUT2D eigenvalue weighted by Crippen LogP contribution is -2.43. The van der Waals surface area contributed by atoms with Gasteiger partial charge in [0.15, 0.2) is 0 Å². The Kier molecular flexibility index (Phi) is 6.73. The number of halogens is 1. The first kappa shape index (κ1) is 22.9. The fourth-order valence-corrected chi connectivity index (χ4v) is 5.24. The molecule has 3 aromatic rings. The highest BCUT2D eigenvalue weighted by molar-refractivity contribution is 7.17. The van der Waals surface area contributed by atoms with E-state index in [0.717, 1.165) is 12.8 Å². The van der Waals surface area contributed by atoms with Crippen LogP contribution in [0, 0.1) is 17.7 Å². The summed E-state index contributed by atoms with van der Waals surface area (Å²) in [5.74, 6) is -0.766. The number of fused-ring (bicyclic) bond motifs is 1. The van der Waals surface area contributed by atoms with Gasteiger partial charge in [-0.3, -0.25) is 23.5 Å². The molecule has 1 aliphatic rings. The van der Waals surface area contributed by atoms with Crippen LogP contribution in [0.3, 0.4) is 0 Å². The van der Waals surface area contributed by atoms with Crippen LogP contribution in [0.25, 0.3) is 10.2 Å². The van der Waals surface area contributed by atoms with Gasteiger partial charge in [-0.1, -0.05) is 0 Å². The quantitative estimate of drug-likeness (QED) is 0.576. The second-order valence-corrected chi connectivity index (χ2v) is 9.22. The van der Waals surface area contributed by atoms with Gasteiger partial charge < -0.3 is 10.6 Å². The summed E-state index contributed by atoms with van der Waals surface area (Å²) in [7, 11) is 1.62. The Labute approximate surface area is 193 Å². The van der Waals surface area contributed by atoms with Crippen molar-refractivity contribution in [3.8, 4) is 0 Å². The first-order valence-electron chi connectivity index (χ1n) is 10.8. The summed E-state index contributed by atoms with van der Waals surface area (Å²) in [5.41, 5.74) is -0.0526. The van der Waals surface area contributed by atoms with Crippen LogP contribution in [-0.2, 0) is 22.7 Å². The van der Waals surface area contributed by atoms with E-state index >= 15 is 0 Å². The molecule has 174 valence electrons. The molecule has 0 radical (unpaired) electrons. The summed E-state index contributed by atoms with van der Waals surface area (Å²) in [6.45, 7) is -0.0152.